The monoisotopic (exact) mass is 464 g/mol. The maximum Gasteiger partial charge on any atom is 0.343 e. The zero-order chi connectivity index (χ0) is 23.9. The van der Waals surface area contributed by atoms with Gasteiger partial charge in [-0.3, -0.25) is 9.59 Å². The smallest absolute Gasteiger partial charge is 0.343 e. The van der Waals surface area contributed by atoms with Gasteiger partial charge in [0.2, 0.25) is 6.10 Å². The summed E-state index contributed by atoms with van der Waals surface area (Å²) in [5.74, 6) is 0.845. The predicted molar refractivity (Wildman–Crippen MR) is 128 cm³/mol. The first-order chi connectivity index (χ1) is 16.1. The first-order valence-corrected chi connectivity index (χ1v) is 13.2. The molecule has 6 nitrogen and oxygen atoms in total. The van der Waals surface area contributed by atoms with Crippen molar-refractivity contribution in [2.24, 2.45) is 17.8 Å². The molecule has 0 aromatic carbocycles. The molecule has 33 heavy (non-hydrogen) atoms. The molecule has 2 aliphatic rings. The van der Waals surface area contributed by atoms with Crippen LogP contribution in [-0.2, 0) is 23.9 Å². The second kappa shape index (κ2) is 16.2. The number of carbonyl (C=O) groups is 3. The van der Waals surface area contributed by atoms with Crippen molar-refractivity contribution in [2.75, 3.05) is 19.8 Å². The van der Waals surface area contributed by atoms with Crippen LogP contribution in [0.5, 0.6) is 0 Å². The Morgan fingerprint density at radius 3 is 2.64 bits per heavy atom. The van der Waals surface area contributed by atoms with Crippen molar-refractivity contribution < 1.29 is 29.0 Å². The molecular formula is C27H44O6. The highest BCUT2D eigenvalue weighted by molar-refractivity contribution is 6.02. The van der Waals surface area contributed by atoms with Crippen LogP contribution >= 0.6 is 0 Å². The molecule has 2 unspecified atom stereocenters. The summed E-state index contributed by atoms with van der Waals surface area (Å²) in [7, 11) is 0. The molecule has 0 radical (unpaired) electrons. The molecule has 188 valence electrons. The van der Waals surface area contributed by atoms with E-state index >= 15 is 0 Å². The van der Waals surface area contributed by atoms with Crippen LogP contribution < -0.4 is 0 Å². The molecule has 2 aliphatic carbocycles. The molecule has 0 bridgehead atoms. The Morgan fingerprint density at radius 2 is 1.91 bits per heavy atom. The Kier molecular flexibility index (Phi) is 13.6. The van der Waals surface area contributed by atoms with Gasteiger partial charge in [0, 0.05) is 18.8 Å². The first-order valence-electron chi connectivity index (χ1n) is 13.2. The number of aliphatic hydroxyl groups is 1. The summed E-state index contributed by atoms with van der Waals surface area (Å²) < 4.78 is 10.4. The van der Waals surface area contributed by atoms with Gasteiger partial charge in [-0.05, 0) is 63.2 Å². The zero-order valence-corrected chi connectivity index (χ0v) is 20.5. The van der Waals surface area contributed by atoms with Crippen LogP contribution in [0, 0.1) is 17.8 Å². The van der Waals surface area contributed by atoms with Crippen LogP contribution in [-0.4, -0.2) is 48.6 Å². The van der Waals surface area contributed by atoms with Crippen molar-refractivity contribution in [1.82, 2.24) is 0 Å². The van der Waals surface area contributed by atoms with Crippen molar-refractivity contribution in [1.29, 1.82) is 0 Å². The summed E-state index contributed by atoms with van der Waals surface area (Å²) >= 11 is 0. The summed E-state index contributed by atoms with van der Waals surface area (Å²) in [4.78, 5) is 37.2. The fourth-order valence-electron chi connectivity index (χ4n) is 5.16. The highest BCUT2D eigenvalue weighted by atomic mass is 16.6. The van der Waals surface area contributed by atoms with E-state index in [4.69, 9.17) is 14.6 Å². The summed E-state index contributed by atoms with van der Waals surface area (Å²) in [5.41, 5.74) is 0. The van der Waals surface area contributed by atoms with E-state index in [1.54, 1.807) is 0 Å². The van der Waals surface area contributed by atoms with Gasteiger partial charge in [0.25, 0.3) is 0 Å². The van der Waals surface area contributed by atoms with E-state index < -0.39 is 12.1 Å². The molecule has 0 amide bonds. The van der Waals surface area contributed by atoms with E-state index in [0.29, 0.717) is 24.5 Å². The number of hydrogen-bond donors (Lipinski definition) is 1. The Morgan fingerprint density at radius 1 is 1.06 bits per heavy atom. The molecule has 2 rings (SSSR count). The molecule has 1 saturated carbocycles. The molecule has 0 saturated heterocycles. The minimum atomic E-state index is -1.26. The van der Waals surface area contributed by atoms with Gasteiger partial charge in [-0.15, -0.1) is 0 Å². The lowest BCUT2D eigenvalue weighted by molar-refractivity contribution is -0.162. The lowest BCUT2D eigenvalue weighted by Gasteiger charge is -2.21. The van der Waals surface area contributed by atoms with Gasteiger partial charge in [-0.25, -0.2) is 4.79 Å². The van der Waals surface area contributed by atoms with Crippen molar-refractivity contribution >= 4 is 17.5 Å². The third-order valence-corrected chi connectivity index (χ3v) is 7.12. The third kappa shape index (κ3) is 10.1. The standard InChI is InChI=1S/C27H44O6/c1-2-3-19-33-27(31)26(32-20-18-28)25(30)15-8-7-14-23-22(16-17-24(23)29)13-9-12-21-10-5-4-6-11-21/h4-5,21-23,26,28H,2-3,6-20H2,1H3/t21?,22-,23+,26?/m0/s1. The van der Waals surface area contributed by atoms with Gasteiger partial charge in [-0.1, -0.05) is 44.8 Å². The SMILES string of the molecule is CCCCOC(=O)C(OCCO)C(=O)CCCC[C@H]1C(=O)CC[C@@H]1CCCC1CC=CCC1. The molecule has 1 N–H and O–H groups in total. The number of Topliss-reactive ketones (excluding diaryl/α,β-unsaturated/α-hetero) is 2. The molecule has 1 fully saturated rings. The van der Waals surface area contributed by atoms with Crippen molar-refractivity contribution in [3.8, 4) is 0 Å². The Bertz CT molecular complexity index is 628. The zero-order valence-electron chi connectivity index (χ0n) is 20.5. The predicted octanol–water partition coefficient (Wildman–Crippen LogP) is 4.96. The summed E-state index contributed by atoms with van der Waals surface area (Å²) in [6, 6.07) is 0. The molecule has 0 aromatic rings. The van der Waals surface area contributed by atoms with Crippen LogP contribution in [0.2, 0.25) is 0 Å². The minimum Gasteiger partial charge on any atom is -0.463 e. The van der Waals surface area contributed by atoms with E-state index in [1.807, 2.05) is 6.92 Å². The van der Waals surface area contributed by atoms with Crippen LogP contribution in [0.3, 0.4) is 0 Å². The molecule has 4 atom stereocenters. The molecule has 6 heteroatoms. The van der Waals surface area contributed by atoms with Crippen molar-refractivity contribution in [2.45, 2.75) is 103 Å². The van der Waals surface area contributed by atoms with E-state index in [9.17, 15) is 14.4 Å². The fourth-order valence-corrected chi connectivity index (χ4v) is 5.16. The fraction of sp³-hybridized carbons (Fsp3) is 0.815. The largest absolute Gasteiger partial charge is 0.463 e. The van der Waals surface area contributed by atoms with Gasteiger partial charge in [0.15, 0.2) is 5.78 Å². The second-order valence-corrected chi connectivity index (χ2v) is 9.66. The van der Waals surface area contributed by atoms with E-state index in [0.717, 1.165) is 44.4 Å². The van der Waals surface area contributed by atoms with Crippen molar-refractivity contribution in [3.63, 3.8) is 0 Å². The molecule has 0 spiro atoms. The van der Waals surface area contributed by atoms with Gasteiger partial charge in [-0.2, -0.15) is 0 Å². The Balaban J connectivity index is 1.70. The first kappa shape index (κ1) is 27.7. The molecule has 0 aliphatic heterocycles. The number of ketones is 2. The number of aliphatic hydroxyl groups excluding tert-OH is 1. The van der Waals surface area contributed by atoms with Gasteiger partial charge in [0.05, 0.1) is 19.8 Å². The maximum absolute atomic E-state index is 12.6. The molecule has 0 heterocycles. The van der Waals surface area contributed by atoms with Gasteiger partial charge in [0.1, 0.15) is 5.78 Å². The number of unbranched alkanes of at least 4 members (excludes halogenated alkanes) is 2. The molecular weight excluding hydrogens is 420 g/mol. The van der Waals surface area contributed by atoms with Crippen LogP contribution in [0.4, 0.5) is 0 Å². The van der Waals surface area contributed by atoms with Gasteiger partial charge < -0.3 is 14.6 Å². The number of esters is 1. The maximum atomic E-state index is 12.6. The topological polar surface area (TPSA) is 89.9 Å². The van der Waals surface area contributed by atoms with Gasteiger partial charge >= 0.3 is 5.97 Å². The van der Waals surface area contributed by atoms with Crippen LogP contribution in [0.25, 0.3) is 0 Å². The summed E-state index contributed by atoms with van der Waals surface area (Å²) in [6.45, 7) is 1.93. The van der Waals surface area contributed by atoms with E-state index in [2.05, 4.69) is 12.2 Å². The number of hydrogen-bond acceptors (Lipinski definition) is 6. The quantitative estimate of drug-likeness (QED) is 0.142. The van der Waals surface area contributed by atoms with Crippen LogP contribution in [0.15, 0.2) is 12.2 Å². The lowest BCUT2D eigenvalue weighted by Crippen LogP contribution is -2.35. The average molecular weight is 465 g/mol. The van der Waals surface area contributed by atoms with Crippen molar-refractivity contribution in [3.05, 3.63) is 12.2 Å². The average Bonchev–Trinajstić information content (AvgIpc) is 3.17. The number of ether oxygens (including phenoxy) is 2. The Labute approximate surface area is 199 Å². The third-order valence-electron chi connectivity index (χ3n) is 7.12. The van der Waals surface area contributed by atoms with E-state index in [-0.39, 0.29) is 37.9 Å². The summed E-state index contributed by atoms with van der Waals surface area (Å²) in [5, 5.41) is 8.99. The van der Waals surface area contributed by atoms with Crippen LogP contribution in [0.1, 0.15) is 96.8 Å². The normalized spacial score (nSPS) is 23.6. The highest BCUT2D eigenvalue weighted by Crippen LogP contribution is 2.37. The molecule has 0 aromatic heterocycles. The number of carbonyl (C=O) groups excluding carboxylic acids is 3. The van der Waals surface area contributed by atoms with E-state index in [1.165, 1.54) is 32.1 Å². The Hall–Kier alpha value is -1.53. The second-order valence-electron chi connectivity index (χ2n) is 9.66. The summed E-state index contributed by atoms with van der Waals surface area (Å²) in [6.07, 6.45) is 16.4. The highest BCUT2D eigenvalue weighted by Gasteiger charge is 2.34. The number of rotatable bonds is 17. The number of allylic oxidation sites excluding steroid dienone is 2. The minimum absolute atomic E-state index is 0.0747. The lowest BCUT2D eigenvalue weighted by atomic mass is 9.84.